The predicted octanol–water partition coefficient (Wildman–Crippen LogP) is 4.33. The largest absolute Gasteiger partial charge is 0.478 e. The van der Waals surface area contributed by atoms with Gasteiger partial charge in [0.1, 0.15) is 19.8 Å². The minimum atomic E-state index is -1.14. The number of hydrogen-bond acceptors (Lipinski definition) is 8. The summed E-state index contributed by atoms with van der Waals surface area (Å²) in [6.45, 7) is 13.8. The van der Waals surface area contributed by atoms with Gasteiger partial charge in [0, 0.05) is 17.2 Å². The highest BCUT2D eigenvalue weighted by atomic mass is 16.5. The Morgan fingerprint density at radius 1 is 0.692 bits per heavy atom. The fourth-order valence-corrected chi connectivity index (χ4v) is 2.16. The number of hydrogen-bond donors (Lipinski definition) is 2. The van der Waals surface area contributed by atoms with Crippen molar-refractivity contribution >= 4 is 23.9 Å². The average molecular weight is 539 g/mol. The molecule has 0 radical (unpaired) electrons. The molecule has 2 N–H and O–H groups in total. The van der Waals surface area contributed by atoms with Gasteiger partial charge < -0.3 is 24.4 Å². The van der Waals surface area contributed by atoms with Gasteiger partial charge in [-0.15, -0.1) is 0 Å². The van der Waals surface area contributed by atoms with Crippen molar-refractivity contribution < 1.29 is 43.6 Å². The quantitative estimate of drug-likeness (QED) is 0.185. The second-order valence-corrected chi connectivity index (χ2v) is 7.74. The zero-order chi connectivity index (χ0) is 29.6. The number of aliphatic hydroxyl groups is 1. The van der Waals surface area contributed by atoms with Crippen LogP contribution < -0.4 is 0 Å². The Hall–Kier alpha value is -4.76. The maximum absolute atomic E-state index is 11.4. The van der Waals surface area contributed by atoms with Crippen LogP contribution in [-0.4, -0.2) is 47.3 Å². The third kappa shape index (κ3) is 18.2. The van der Waals surface area contributed by atoms with E-state index in [1.165, 1.54) is 0 Å². The molecule has 0 amide bonds. The van der Waals surface area contributed by atoms with Gasteiger partial charge in [0.2, 0.25) is 0 Å². The number of rotatable bonds is 11. The second kappa shape index (κ2) is 20.3. The Morgan fingerprint density at radius 2 is 1.10 bits per heavy atom. The van der Waals surface area contributed by atoms with Gasteiger partial charge in [0.25, 0.3) is 0 Å². The van der Waals surface area contributed by atoms with Crippen LogP contribution in [0.15, 0.2) is 109 Å². The Bertz CT molecular complexity index is 1130. The molecule has 0 aromatic heterocycles. The number of benzene rings is 2. The first-order valence-corrected chi connectivity index (χ1v) is 11.6. The molecule has 2 rings (SSSR count). The molecule has 0 aliphatic rings. The third-order valence-electron chi connectivity index (χ3n) is 4.14. The van der Waals surface area contributed by atoms with Gasteiger partial charge in [-0.1, -0.05) is 80.4 Å². The van der Waals surface area contributed by atoms with E-state index in [1.54, 1.807) is 13.8 Å². The normalized spacial score (nSPS) is 9.51. The molecule has 39 heavy (non-hydrogen) atoms. The van der Waals surface area contributed by atoms with E-state index in [0.717, 1.165) is 23.3 Å². The molecule has 0 aliphatic carbocycles. The summed E-state index contributed by atoms with van der Waals surface area (Å²) in [6.07, 6.45) is 1.95. The summed E-state index contributed by atoms with van der Waals surface area (Å²) in [4.78, 5) is 43.1. The van der Waals surface area contributed by atoms with Crippen LogP contribution in [0.4, 0.5) is 0 Å². The molecule has 0 saturated carbocycles. The molecule has 0 fully saturated rings. The highest BCUT2D eigenvalue weighted by Gasteiger charge is 2.06. The summed E-state index contributed by atoms with van der Waals surface area (Å²) in [6, 6.07) is 18.7. The van der Waals surface area contributed by atoms with Crippen LogP contribution in [0, 0.1) is 0 Å². The van der Waals surface area contributed by atoms with Crippen molar-refractivity contribution in [3.05, 3.63) is 120 Å². The highest BCUT2D eigenvalue weighted by molar-refractivity contribution is 5.93. The summed E-state index contributed by atoms with van der Waals surface area (Å²) in [5.41, 5.74) is 2.62. The lowest BCUT2D eigenvalue weighted by atomic mass is 10.2. The molecule has 0 saturated heterocycles. The average Bonchev–Trinajstić information content (AvgIpc) is 2.93. The van der Waals surface area contributed by atoms with Gasteiger partial charge in [-0.25, -0.2) is 19.2 Å². The molecule has 9 heteroatoms. The van der Waals surface area contributed by atoms with Crippen LogP contribution >= 0.6 is 0 Å². The number of carboxylic acids is 1. The fourth-order valence-electron chi connectivity index (χ4n) is 2.16. The summed E-state index contributed by atoms with van der Waals surface area (Å²) in [7, 11) is 0. The number of carbonyl (C=O) groups is 4. The van der Waals surface area contributed by atoms with Gasteiger partial charge in [0.05, 0.1) is 12.2 Å². The van der Waals surface area contributed by atoms with Gasteiger partial charge in [-0.2, -0.15) is 0 Å². The first-order valence-electron chi connectivity index (χ1n) is 11.6. The highest BCUT2D eigenvalue weighted by Crippen LogP contribution is 2.04. The zero-order valence-electron chi connectivity index (χ0n) is 22.1. The molecule has 208 valence electrons. The van der Waals surface area contributed by atoms with Crippen molar-refractivity contribution in [3.63, 3.8) is 0 Å². The Labute approximate surface area is 228 Å². The number of aliphatic carboxylic acids is 1. The summed E-state index contributed by atoms with van der Waals surface area (Å²) < 4.78 is 14.4. The van der Waals surface area contributed by atoms with Crippen LogP contribution in [0.1, 0.15) is 25.0 Å². The number of carboxylic acid groups (broad SMARTS) is 1. The maximum atomic E-state index is 11.4. The maximum Gasteiger partial charge on any atom is 0.337 e. The lowest BCUT2D eigenvalue weighted by Gasteiger charge is -2.04. The molecular weight excluding hydrogens is 504 g/mol. The lowest BCUT2D eigenvalue weighted by Crippen LogP contribution is -2.08. The molecule has 2 aromatic carbocycles. The van der Waals surface area contributed by atoms with E-state index in [0.29, 0.717) is 17.8 Å². The molecular formula is C30H34O9. The van der Waals surface area contributed by atoms with Crippen molar-refractivity contribution in [2.24, 2.45) is 0 Å². The van der Waals surface area contributed by atoms with E-state index in [-0.39, 0.29) is 31.4 Å². The minimum absolute atomic E-state index is 0.00308. The lowest BCUT2D eigenvalue weighted by molar-refractivity contribution is -0.140. The van der Waals surface area contributed by atoms with Crippen LogP contribution in [0.3, 0.4) is 0 Å². The van der Waals surface area contributed by atoms with Crippen molar-refractivity contribution in [3.8, 4) is 0 Å². The van der Waals surface area contributed by atoms with Crippen LogP contribution in [0.2, 0.25) is 0 Å². The van der Waals surface area contributed by atoms with Crippen molar-refractivity contribution in [2.75, 3.05) is 13.2 Å². The molecule has 0 heterocycles. The van der Waals surface area contributed by atoms with Crippen molar-refractivity contribution in [2.45, 2.75) is 27.1 Å². The van der Waals surface area contributed by atoms with Gasteiger partial charge in [0.15, 0.2) is 0 Å². The van der Waals surface area contributed by atoms with E-state index in [9.17, 15) is 19.2 Å². The van der Waals surface area contributed by atoms with Crippen LogP contribution in [0.5, 0.6) is 0 Å². The molecule has 2 aromatic rings. The van der Waals surface area contributed by atoms with E-state index in [2.05, 4.69) is 24.5 Å². The van der Waals surface area contributed by atoms with Crippen LogP contribution in [-0.2, 0) is 46.6 Å². The van der Waals surface area contributed by atoms with Gasteiger partial charge in [-0.3, -0.25) is 0 Å². The summed E-state index contributed by atoms with van der Waals surface area (Å²) >= 11 is 0. The van der Waals surface area contributed by atoms with E-state index >= 15 is 0 Å². The number of aliphatic hydroxyl groups excluding tert-OH is 1. The number of carbonyl (C=O) groups excluding carboxylic acids is 3. The molecule has 9 nitrogen and oxygen atoms in total. The summed E-state index contributed by atoms with van der Waals surface area (Å²) in [5, 5.41) is 16.6. The van der Waals surface area contributed by atoms with Crippen molar-refractivity contribution in [1.29, 1.82) is 0 Å². The molecule has 0 unspecified atom stereocenters. The minimum Gasteiger partial charge on any atom is -0.478 e. The van der Waals surface area contributed by atoms with E-state index in [1.807, 2.05) is 60.7 Å². The Balaban J connectivity index is 0.000000585. The standard InChI is InChI=1S/C13H12O4.C11H12O2.C6H10O3/c1-10(7-8-12(14)15)13(16)17-9-11-5-3-2-4-6-11;1-9(2)11(12)13-8-10-6-4-3-5-7-10;1-5(2)6(8)9-4-3-7/h2-8H,1,9H2,(H,14,15);3-7H,1,8H2,2H3;7H,1,3-4H2,2H3. The van der Waals surface area contributed by atoms with Crippen molar-refractivity contribution in [1.82, 2.24) is 0 Å². The Morgan fingerprint density at radius 3 is 1.49 bits per heavy atom. The smallest absolute Gasteiger partial charge is 0.337 e. The zero-order valence-corrected chi connectivity index (χ0v) is 22.1. The third-order valence-corrected chi connectivity index (χ3v) is 4.14. The number of ether oxygens (including phenoxy) is 3. The van der Waals surface area contributed by atoms with E-state index in [4.69, 9.17) is 19.7 Å². The Kier molecular flexibility index (Phi) is 17.8. The van der Waals surface area contributed by atoms with Gasteiger partial charge in [-0.05, 0) is 31.1 Å². The molecule has 0 atom stereocenters. The first kappa shape index (κ1) is 34.2. The topological polar surface area (TPSA) is 136 Å². The number of esters is 3. The summed E-state index contributed by atoms with van der Waals surface area (Å²) in [5.74, 6) is -2.57. The monoisotopic (exact) mass is 538 g/mol. The SMILES string of the molecule is C=C(C)C(=O)OCCO.C=C(C)C(=O)OCc1ccccc1.C=C(C=CC(=O)O)C(=O)OCc1ccccc1. The molecule has 0 aliphatic heterocycles. The molecule has 0 spiro atoms. The molecule has 0 bridgehead atoms. The second-order valence-electron chi connectivity index (χ2n) is 7.74. The van der Waals surface area contributed by atoms with E-state index < -0.39 is 17.9 Å². The van der Waals surface area contributed by atoms with Crippen LogP contribution in [0.25, 0.3) is 0 Å². The predicted molar refractivity (Wildman–Crippen MR) is 146 cm³/mol. The fraction of sp³-hybridized carbons (Fsp3) is 0.200. The van der Waals surface area contributed by atoms with Gasteiger partial charge >= 0.3 is 23.9 Å². The first-order chi connectivity index (χ1) is 18.5.